The molecular formula is C14H21N5O2. The molecule has 2 aliphatic heterocycles. The summed E-state index contributed by atoms with van der Waals surface area (Å²) in [5.41, 5.74) is 0. The summed E-state index contributed by atoms with van der Waals surface area (Å²) in [6, 6.07) is 2.01. The van der Waals surface area contributed by atoms with Gasteiger partial charge >= 0.3 is 0 Å². The Bertz CT molecular complexity index is 504. The van der Waals surface area contributed by atoms with Crippen LogP contribution < -0.4 is 15.1 Å². The van der Waals surface area contributed by atoms with E-state index in [0.29, 0.717) is 0 Å². The summed E-state index contributed by atoms with van der Waals surface area (Å²) in [5.74, 6) is 2.00. The van der Waals surface area contributed by atoms with Gasteiger partial charge in [0, 0.05) is 39.3 Å². The first kappa shape index (κ1) is 14.1. The van der Waals surface area contributed by atoms with Crippen LogP contribution in [-0.2, 0) is 9.53 Å². The molecule has 1 N–H and O–H groups in total. The third-order valence-corrected chi connectivity index (χ3v) is 4.10. The summed E-state index contributed by atoms with van der Waals surface area (Å²) in [6.07, 6.45) is 2.48. The minimum Gasteiger partial charge on any atom is -0.378 e. The van der Waals surface area contributed by atoms with Gasteiger partial charge in [0.15, 0.2) is 0 Å². The predicted octanol–water partition coefficient (Wildman–Crippen LogP) is -0.114. The van der Waals surface area contributed by atoms with E-state index in [-0.39, 0.29) is 11.8 Å². The molecule has 21 heavy (non-hydrogen) atoms. The second-order valence-electron chi connectivity index (χ2n) is 5.38. The Hall–Kier alpha value is -1.89. The van der Waals surface area contributed by atoms with Crippen LogP contribution in [0, 0.1) is 5.92 Å². The zero-order valence-electron chi connectivity index (χ0n) is 12.3. The number of carbonyl (C=O) groups excluding carboxylic acids is 1. The lowest BCUT2D eigenvalue weighted by molar-refractivity contribution is -0.123. The van der Waals surface area contributed by atoms with E-state index in [9.17, 15) is 4.79 Å². The van der Waals surface area contributed by atoms with Gasteiger partial charge in [-0.15, -0.1) is 0 Å². The van der Waals surface area contributed by atoms with Crippen molar-refractivity contribution >= 4 is 17.5 Å². The lowest BCUT2D eigenvalue weighted by Crippen LogP contribution is -2.37. The molecule has 0 bridgehead atoms. The molecule has 2 fully saturated rings. The number of ether oxygens (including phenoxy) is 1. The fourth-order valence-corrected chi connectivity index (χ4v) is 2.86. The minimum absolute atomic E-state index is 0.0526. The monoisotopic (exact) mass is 291 g/mol. The van der Waals surface area contributed by atoms with Gasteiger partial charge in [0.25, 0.3) is 0 Å². The Kier molecular flexibility index (Phi) is 4.19. The summed E-state index contributed by atoms with van der Waals surface area (Å²) in [5, 5.41) is 2.72. The van der Waals surface area contributed by atoms with E-state index >= 15 is 0 Å². The number of carbonyl (C=O) groups is 1. The van der Waals surface area contributed by atoms with Crippen molar-refractivity contribution in [3.63, 3.8) is 0 Å². The maximum Gasteiger partial charge on any atom is 0.224 e. The van der Waals surface area contributed by atoms with E-state index in [0.717, 1.165) is 57.4 Å². The molecule has 0 radical (unpaired) electrons. The van der Waals surface area contributed by atoms with Crippen LogP contribution in [0.1, 0.15) is 6.42 Å². The Morgan fingerprint density at radius 2 is 1.95 bits per heavy atom. The van der Waals surface area contributed by atoms with Crippen molar-refractivity contribution in [3.8, 4) is 0 Å². The second-order valence-corrected chi connectivity index (χ2v) is 5.38. The normalized spacial score (nSPS) is 22.4. The third kappa shape index (κ3) is 3.07. The van der Waals surface area contributed by atoms with Gasteiger partial charge in [-0.3, -0.25) is 4.79 Å². The highest BCUT2D eigenvalue weighted by Gasteiger charge is 2.28. The molecule has 0 spiro atoms. The molecule has 3 heterocycles. The van der Waals surface area contributed by atoms with E-state index in [1.165, 1.54) is 0 Å². The molecule has 1 atom stereocenters. The maximum atomic E-state index is 11.7. The molecule has 0 aliphatic carbocycles. The van der Waals surface area contributed by atoms with E-state index in [1.807, 2.05) is 6.07 Å². The first-order valence-corrected chi connectivity index (χ1v) is 7.39. The molecular weight excluding hydrogens is 270 g/mol. The lowest BCUT2D eigenvalue weighted by Gasteiger charge is -2.28. The highest BCUT2D eigenvalue weighted by Crippen LogP contribution is 2.24. The van der Waals surface area contributed by atoms with Crippen molar-refractivity contribution in [2.45, 2.75) is 6.42 Å². The van der Waals surface area contributed by atoms with Gasteiger partial charge in [0.1, 0.15) is 18.0 Å². The Balaban J connectivity index is 1.70. The molecule has 7 nitrogen and oxygen atoms in total. The van der Waals surface area contributed by atoms with E-state index in [4.69, 9.17) is 4.74 Å². The number of amides is 1. The summed E-state index contributed by atoms with van der Waals surface area (Å²) >= 11 is 0. The van der Waals surface area contributed by atoms with Crippen molar-refractivity contribution in [1.82, 2.24) is 15.3 Å². The van der Waals surface area contributed by atoms with E-state index in [1.54, 1.807) is 13.4 Å². The Morgan fingerprint density at radius 1 is 1.24 bits per heavy atom. The van der Waals surface area contributed by atoms with Crippen LogP contribution in [0.15, 0.2) is 12.4 Å². The Morgan fingerprint density at radius 3 is 2.67 bits per heavy atom. The summed E-state index contributed by atoms with van der Waals surface area (Å²) < 4.78 is 5.36. The number of rotatable bonds is 3. The molecule has 1 amide bonds. The van der Waals surface area contributed by atoms with Crippen LogP contribution in [0.4, 0.5) is 11.6 Å². The number of morpholine rings is 1. The molecule has 7 heteroatoms. The number of anilines is 2. The molecule has 0 aromatic carbocycles. The standard InChI is InChI=1S/C14H21N5O2/c1-15-14(20)11-2-3-19(9-11)13-8-12(16-10-17-13)18-4-6-21-7-5-18/h8,10-11H,2-7,9H2,1H3,(H,15,20)/t11-/m0/s1. The van der Waals surface area contributed by atoms with Crippen LogP contribution in [0.25, 0.3) is 0 Å². The lowest BCUT2D eigenvalue weighted by atomic mass is 10.1. The zero-order valence-corrected chi connectivity index (χ0v) is 12.3. The number of aromatic nitrogens is 2. The summed E-state index contributed by atoms with van der Waals surface area (Å²) in [6.45, 7) is 4.77. The molecule has 3 rings (SSSR count). The molecule has 0 unspecified atom stereocenters. The molecule has 114 valence electrons. The highest BCUT2D eigenvalue weighted by atomic mass is 16.5. The van der Waals surface area contributed by atoms with Gasteiger partial charge in [0.2, 0.25) is 5.91 Å². The van der Waals surface area contributed by atoms with E-state index in [2.05, 4.69) is 25.1 Å². The first-order chi connectivity index (χ1) is 10.3. The molecule has 2 aliphatic rings. The van der Waals surface area contributed by atoms with Crippen molar-refractivity contribution < 1.29 is 9.53 Å². The number of hydrogen-bond donors (Lipinski definition) is 1. The second kappa shape index (κ2) is 6.26. The van der Waals surface area contributed by atoms with Crippen LogP contribution in [0.2, 0.25) is 0 Å². The summed E-state index contributed by atoms with van der Waals surface area (Å²) in [7, 11) is 1.69. The smallest absolute Gasteiger partial charge is 0.224 e. The maximum absolute atomic E-state index is 11.7. The van der Waals surface area contributed by atoms with Gasteiger partial charge in [-0.1, -0.05) is 0 Å². The summed E-state index contributed by atoms with van der Waals surface area (Å²) in [4.78, 5) is 24.8. The van der Waals surface area contributed by atoms with Crippen molar-refractivity contribution in [3.05, 3.63) is 12.4 Å². The number of hydrogen-bond acceptors (Lipinski definition) is 6. The minimum atomic E-state index is 0.0526. The average molecular weight is 291 g/mol. The van der Waals surface area contributed by atoms with Gasteiger partial charge in [-0.05, 0) is 6.42 Å². The molecule has 2 saturated heterocycles. The van der Waals surface area contributed by atoms with Crippen LogP contribution in [0.3, 0.4) is 0 Å². The van der Waals surface area contributed by atoms with Crippen LogP contribution in [-0.4, -0.2) is 62.3 Å². The van der Waals surface area contributed by atoms with E-state index < -0.39 is 0 Å². The van der Waals surface area contributed by atoms with Crippen molar-refractivity contribution in [2.75, 3.05) is 56.2 Å². The van der Waals surface area contributed by atoms with Crippen LogP contribution >= 0.6 is 0 Å². The van der Waals surface area contributed by atoms with Gasteiger partial charge < -0.3 is 19.9 Å². The third-order valence-electron chi connectivity index (χ3n) is 4.10. The first-order valence-electron chi connectivity index (χ1n) is 7.39. The van der Waals surface area contributed by atoms with Gasteiger partial charge in [-0.25, -0.2) is 9.97 Å². The topological polar surface area (TPSA) is 70.6 Å². The highest BCUT2D eigenvalue weighted by molar-refractivity contribution is 5.79. The zero-order chi connectivity index (χ0) is 14.7. The quantitative estimate of drug-likeness (QED) is 0.837. The number of nitrogens with one attached hydrogen (secondary N) is 1. The largest absolute Gasteiger partial charge is 0.378 e. The molecule has 0 saturated carbocycles. The number of nitrogens with zero attached hydrogens (tertiary/aromatic N) is 4. The average Bonchev–Trinajstić information content (AvgIpc) is 3.05. The predicted molar refractivity (Wildman–Crippen MR) is 79.5 cm³/mol. The fourth-order valence-electron chi connectivity index (χ4n) is 2.86. The van der Waals surface area contributed by atoms with Crippen LogP contribution in [0.5, 0.6) is 0 Å². The van der Waals surface area contributed by atoms with Crippen molar-refractivity contribution in [1.29, 1.82) is 0 Å². The van der Waals surface area contributed by atoms with Crippen molar-refractivity contribution in [2.24, 2.45) is 5.92 Å². The Labute approximate surface area is 124 Å². The van der Waals surface area contributed by atoms with Gasteiger partial charge in [0.05, 0.1) is 19.1 Å². The fraction of sp³-hybridized carbons (Fsp3) is 0.643. The van der Waals surface area contributed by atoms with Gasteiger partial charge in [-0.2, -0.15) is 0 Å². The SMILES string of the molecule is CNC(=O)[C@H]1CCN(c2cc(N3CCOCC3)ncn2)C1. The molecule has 1 aromatic heterocycles. The molecule has 1 aromatic rings.